The third-order valence-electron chi connectivity index (χ3n) is 5.36. The number of pyridine rings is 1. The summed E-state index contributed by atoms with van der Waals surface area (Å²) in [5, 5.41) is 0. The molecule has 6 nitrogen and oxygen atoms in total. The maximum absolute atomic E-state index is 13.2. The lowest BCUT2D eigenvalue weighted by Crippen LogP contribution is -2.38. The Bertz CT molecular complexity index is 962. The number of benzene rings is 1. The van der Waals surface area contributed by atoms with Gasteiger partial charge in [-0.3, -0.25) is 14.4 Å². The van der Waals surface area contributed by atoms with Gasteiger partial charge in [0.15, 0.2) is 0 Å². The second-order valence-corrected chi connectivity index (χ2v) is 7.66. The van der Waals surface area contributed by atoms with Gasteiger partial charge in [0.25, 0.3) is 11.5 Å². The summed E-state index contributed by atoms with van der Waals surface area (Å²) < 4.78 is 1.30. The van der Waals surface area contributed by atoms with E-state index >= 15 is 0 Å². The van der Waals surface area contributed by atoms with Crippen molar-refractivity contribution in [1.29, 1.82) is 0 Å². The molecule has 0 aliphatic carbocycles. The zero-order valence-electron chi connectivity index (χ0n) is 16.9. The first-order chi connectivity index (χ1) is 13.3. The molecule has 2 aromatic rings. The second-order valence-electron chi connectivity index (χ2n) is 7.66. The maximum atomic E-state index is 13.2. The van der Waals surface area contributed by atoms with E-state index in [0.29, 0.717) is 6.54 Å². The average molecular weight is 381 g/mol. The molecule has 1 aromatic heterocycles. The highest BCUT2D eigenvalue weighted by molar-refractivity contribution is 5.94. The number of likely N-dealkylation sites (N-methyl/N-ethyl adjacent to an activating group) is 1. The zero-order valence-corrected chi connectivity index (χ0v) is 16.9. The molecule has 2 amide bonds. The number of hydrogen-bond donors (Lipinski definition) is 0. The van der Waals surface area contributed by atoms with E-state index in [1.54, 1.807) is 37.3 Å². The van der Waals surface area contributed by atoms with Crippen LogP contribution in [0, 0.1) is 13.8 Å². The third kappa shape index (κ3) is 3.86. The van der Waals surface area contributed by atoms with Crippen molar-refractivity contribution >= 4 is 11.8 Å². The lowest BCUT2D eigenvalue weighted by atomic mass is 9.97. The van der Waals surface area contributed by atoms with Crippen LogP contribution in [0.3, 0.4) is 0 Å². The number of amides is 2. The maximum Gasteiger partial charge on any atom is 0.263 e. The topological polar surface area (TPSA) is 62.6 Å². The molecule has 0 radical (unpaired) electrons. The van der Waals surface area contributed by atoms with Crippen LogP contribution in [-0.4, -0.2) is 46.8 Å². The van der Waals surface area contributed by atoms with Gasteiger partial charge in [-0.2, -0.15) is 0 Å². The fourth-order valence-electron chi connectivity index (χ4n) is 3.72. The molecule has 2 heterocycles. The molecule has 28 heavy (non-hydrogen) atoms. The molecule has 0 bridgehead atoms. The summed E-state index contributed by atoms with van der Waals surface area (Å²) in [7, 11) is 3.28. The molecule has 1 atom stereocenters. The van der Waals surface area contributed by atoms with Gasteiger partial charge in [-0.25, -0.2) is 0 Å². The van der Waals surface area contributed by atoms with Gasteiger partial charge in [0.05, 0.1) is 6.04 Å². The Labute approximate surface area is 165 Å². The summed E-state index contributed by atoms with van der Waals surface area (Å²) in [6.45, 7) is 4.65. The van der Waals surface area contributed by atoms with Crippen molar-refractivity contribution < 1.29 is 9.59 Å². The molecule has 3 rings (SSSR count). The molecule has 1 aliphatic heterocycles. The van der Waals surface area contributed by atoms with Crippen molar-refractivity contribution in [2.24, 2.45) is 0 Å². The highest BCUT2D eigenvalue weighted by Gasteiger charge is 2.32. The Balaban J connectivity index is 1.92. The summed E-state index contributed by atoms with van der Waals surface area (Å²) in [6, 6.07) is 9.46. The van der Waals surface area contributed by atoms with Gasteiger partial charge in [-0.05, 0) is 49.9 Å². The normalized spacial score (nSPS) is 16.3. The van der Waals surface area contributed by atoms with Crippen LogP contribution in [0.4, 0.5) is 0 Å². The second kappa shape index (κ2) is 8.00. The molecule has 148 valence electrons. The molecule has 1 saturated heterocycles. The molecular formula is C22H27N3O3. The molecule has 0 N–H and O–H groups in total. The van der Waals surface area contributed by atoms with Gasteiger partial charge in [-0.1, -0.05) is 23.8 Å². The van der Waals surface area contributed by atoms with Gasteiger partial charge in [0.2, 0.25) is 5.91 Å². The van der Waals surface area contributed by atoms with Crippen molar-refractivity contribution in [3.8, 4) is 0 Å². The lowest BCUT2D eigenvalue weighted by molar-refractivity contribution is -0.129. The van der Waals surface area contributed by atoms with Crippen LogP contribution in [0.1, 0.15) is 45.9 Å². The van der Waals surface area contributed by atoms with Crippen molar-refractivity contribution in [3.05, 3.63) is 69.1 Å². The van der Waals surface area contributed by atoms with Gasteiger partial charge in [-0.15, -0.1) is 0 Å². The Morgan fingerprint density at radius 3 is 2.64 bits per heavy atom. The van der Waals surface area contributed by atoms with Crippen LogP contribution in [0.5, 0.6) is 0 Å². The van der Waals surface area contributed by atoms with Gasteiger partial charge in [0.1, 0.15) is 12.1 Å². The van der Waals surface area contributed by atoms with Crippen LogP contribution >= 0.6 is 0 Å². The minimum atomic E-state index is -0.422. The van der Waals surface area contributed by atoms with E-state index in [2.05, 4.69) is 25.1 Å². The molecule has 1 aliphatic rings. The van der Waals surface area contributed by atoms with E-state index in [1.165, 1.54) is 9.47 Å². The third-order valence-corrected chi connectivity index (χ3v) is 5.36. The fourth-order valence-corrected chi connectivity index (χ4v) is 3.72. The molecule has 1 fully saturated rings. The van der Waals surface area contributed by atoms with E-state index in [-0.39, 0.29) is 30.0 Å². The van der Waals surface area contributed by atoms with Crippen LogP contribution in [0.15, 0.2) is 41.3 Å². The summed E-state index contributed by atoms with van der Waals surface area (Å²) in [4.78, 5) is 41.3. The van der Waals surface area contributed by atoms with E-state index in [1.807, 2.05) is 6.92 Å². The Morgan fingerprint density at radius 1 is 1.18 bits per heavy atom. The molecule has 6 heteroatoms. The number of rotatable bonds is 4. The number of carbonyl (C=O) groups is 2. The van der Waals surface area contributed by atoms with Crippen LogP contribution in [0.25, 0.3) is 0 Å². The summed E-state index contributed by atoms with van der Waals surface area (Å²) in [5.74, 6) is -0.457. The van der Waals surface area contributed by atoms with Crippen molar-refractivity contribution in [2.75, 3.05) is 20.6 Å². The number of aromatic nitrogens is 1. The first kappa shape index (κ1) is 19.9. The Kier molecular flexibility index (Phi) is 5.68. The molecule has 0 spiro atoms. The predicted molar refractivity (Wildman–Crippen MR) is 108 cm³/mol. The Morgan fingerprint density at radius 2 is 1.93 bits per heavy atom. The minimum Gasteiger partial charge on any atom is -0.347 e. The van der Waals surface area contributed by atoms with Crippen LogP contribution < -0.4 is 5.56 Å². The molecule has 0 saturated carbocycles. The van der Waals surface area contributed by atoms with E-state index in [9.17, 15) is 14.4 Å². The van der Waals surface area contributed by atoms with Crippen LogP contribution in [0.2, 0.25) is 0 Å². The van der Waals surface area contributed by atoms with E-state index in [0.717, 1.165) is 29.5 Å². The van der Waals surface area contributed by atoms with Crippen molar-refractivity contribution in [1.82, 2.24) is 14.4 Å². The zero-order chi connectivity index (χ0) is 20.4. The summed E-state index contributed by atoms with van der Waals surface area (Å²) in [5.41, 5.74) is 3.15. The summed E-state index contributed by atoms with van der Waals surface area (Å²) in [6.07, 6.45) is 3.34. The van der Waals surface area contributed by atoms with Crippen LogP contribution in [-0.2, 0) is 11.3 Å². The number of likely N-dealkylation sites (tertiary alicyclic amines) is 1. The standard InChI is InChI=1S/C22H27N3O3/c1-15-9-10-16(2)18(13-15)19-8-6-12-25(19)22(28)17-7-5-11-24(21(17)27)14-20(26)23(3)4/h5,7,9-11,13,19H,6,8,12,14H2,1-4H3/t19-/m1/s1. The quantitative estimate of drug-likeness (QED) is 0.818. The van der Waals surface area contributed by atoms with E-state index < -0.39 is 5.56 Å². The largest absolute Gasteiger partial charge is 0.347 e. The van der Waals surface area contributed by atoms with Gasteiger partial charge in [0, 0.05) is 26.8 Å². The minimum absolute atomic E-state index is 0.0242. The van der Waals surface area contributed by atoms with Crippen molar-refractivity contribution in [2.45, 2.75) is 39.3 Å². The fraction of sp³-hybridized carbons (Fsp3) is 0.409. The van der Waals surface area contributed by atoms with Crippen molar-refractivity contribution in [3.63, 3.8) is 0 Å². The first-order valence-electron chi connectivity index (χ1n) is 9.57. The highest BCUT2D eigenvalue weighted by Crippen LogP contribution is 2.34. The molecular weight excluding hydrogens is 354 g/mol. The number of nitrogens with zero attached hydrogens (tertiary/aromatic N) is 3. The Hall–Kier alpha value is -2.89. The number of hydrogen-bond acceptors (Lipinski definition) is 3. The highest BCUT2D eigenvalue weighted by atomic mass is 16.2. The number of carbonyl (C=O) groups excluding carboxylic acids is 2. The monoisotopic (exact) mass is 381 g/mol. The molecule has 1 aromatic carbocycles. The number of aryl methyl sites for hydroxylation is 2. The van der Waals surface area contributed by atoms with E-state index in [4.69, 9.17) is 0 Å². The molecule has 0 unspecified atom stereocenters. The smallest absolute Gasteiger partial charge is 0.263 e. The SMILES string of the molecule is Cc1ccc(C)c([C@H]2CCCN2C(=O)c2cccn(CC(=O)N(C)C)c2=O)c1. The summed E-state index contributed by atoms with van der Waals surface area (Å²) >= 11 is 0. The lowest BCUT2D eigenvalue weighted by Gasteiger charge is -2.26. The predicted octanol–water partition coefficient (Wildman–Crippen LogP) is 2.53. The average Bonchev–Trinajstić information content (AvgIpc) is 3.14. The van der Waals surface area contributed by atoms with Gasteiger partial charge < -0.3 is 14.4 Å². The van der Waals surface area contributed by atoms with Gasteiger partial charge >= 0.3 is 0 Å². The first-order valence-corrected chi connectivity index (χ1v) is 9.57.